The number of nitrogens with zero attached hydrogens (tertiary/aromatic N) is 2. The zero-order valence-corrected chi connectivity index (χ0v) is 14.3. The molecular formula is C19H21N3OS. The summed E-state index contributed by atoms with van der Waals surface area (Å²) in [4.78, 5) is 0.663. The molecule has 1 heterocycles. The summed E-state index contributed by atoms with van der Waals surface area (Å²) in [6.07, 6.45) is 0. The standard InChI is InChI=1S/C19H21N3OS/c24-19(20-15-16-7-3-1-4-8-16)18(17-9-5-2-6-10-17)21-22-11-13-23-14-12-22/h1-10H,11-15H2,(H,20,24)/b21-18+. The fourth-order valence-electron chi connectivity index (χ4n) is 2.49. The lowest BCUT2D eigenvalue weighted by Gasteiger charge is -2.25. The Labute approximate surface area is 148 Å². The summed E-state index contributed by atoms with van der Waals surface area (Å²) >= 11 is 5.63. The molecule has 2 aromatic rings. The number of hydrogen-bond acceptors (Lipinski definition) is 4. The molecule has 2 aromatic carbocycles. The Kier molecular flexibility index (Phi) is 5.93. The maximum atomic E-state index is 5.63. The van der Waals surface area contributed by atoms with Crippen LogP contribution in [0, 0.1) is 0 Å². The molecule has 0 spiro atoms. The second kappa shape index (κ2) is 8.57. The Morgan fingerprint density at radius 1 is 1.00 bits per heavy atom. The van der Waals surface area contributed by atoms with Crippen LogP contribution in [0.2, 0.25) is 0 Å². The van der Waals surface area contributed by atoms with E-state index in [1.54, 1.807) is 0 Å². The van der Waals surface area contributed by atoms with E-state index in [1.807, 2.05) is 53.5 Å². The molecule has 0 atom stereocenters. The van der Waals surface area contributed by atoms with Crippen molar-refractivity contribution in [3.63, 3.8) is 0 Å². The summed E-state index contributed by atoms with van der Waals surface area (Å²) in [5.74, 6) is 0. The number of hydrazone groups is 1. The van der Waals surface area contributed by atoms with E-state index in [2.05, 4.69) is 17.4 Å². The van der Waals surface area contributed by atoms with Crippen molar-refractivity contribution in [3.05, 3.63) is 71.8 Å². The second-order valence-electron chi connectivity index (χ2n) is 5.55. The maximum Gasteiger partial charge on any atom is 0.128 e. The topological polar surface area (TPSA) is 36.9 Å². The average Bonchev–Trinajstić information content (AvgIpc) is 2.66. The Morgan fingerprint density at radius 3 is 2.29 bits per heavy atom. The van der Waals surface area contributed by atoms with E-state index in [1.165, 1.54) is 5.56 Å². The summed E-state index contributed by atoms with van der Waals surface area (Å²) in [6.45, 7) is 3.68. The quantitative estimate of drug-likeness (QED) is 0.671. The maximum absolute atomic E-state index is 5.63. The first-order chi connectivity index (χ1) is 11.8. The molecule has 0 radical (unpaired) electrons. The van der Waals surface area contributed by atoms with Crippen LogP contribution in [0.3, 0.4) is 0 Å². The van der Waals surface area contributed by atoms with E-state index in [9.17, 15) is 0 Å². The van der Waals surface area contributed by atoms with Crippen molar-refractivity contribution in [3.8, 4) is 0 Å². The van der Waals surface area contributed by atoms with Crippen molar-refractivity contribution in [2.75, 3.05) is 26.3 Å². The van der Waals surface area contributed by atoms with Gasteiger partial charge in [-0.1, -0.05) is 72.9 Å². The lowest BCUT2D eigenvalue weighted by Crippen LogP contribution is -2.36. The summed E-state index contributed by atoms with van der Waals surface area (Å²) in [5.41, 5.74) is 3.02. The van der Waals surface area contributed by atoms with Crippen LogP contribution in [-0.2, 0) is 11.3 Å². The zero-order chi connectivity index (χ0) is 16.6. The van der Waals surface area contributed by atoms with Crippen LogP contribution in [0.25, 0.3) is 0 Å². The third kappa shape index (κ3) is 4.63. The summed E-state index contributed by atoms with van der Waals surface area (Å²) in [7, 11) is 0. The van der Waals surface area contributed by atoms with Crippen LogP contribution in [0.15, 0.2) is 65.8 Å². The van der Waals surface area contributed by atoms with Gasteiger partial charge in [-0.3, -0.25) is 5.01 Å². The lowest BCUT2D eigenvalue weighted by atomic mass is 10.1. The van der Waals surface area contributed by atoms with Gasteiger partial charge in [0.05, 0.1) is 26.3 Å². The molecule has 24 heavy (non-hydrogen) atoms. The molecule has 0 amide bonds. The van der Waals surface area contributed by atoms with Crippen LogP contribution >= 0.6 is 12.2 Å². The smallest absolute Gasteiger partial charge is 0.128 e. The Bertz CT molecular complexity index is 682. The molecule has 1 aliphatic heterocycles. The predicted octanol–water partition coefficient (Wildman–Crippen LogP) is 2.84. The molecule has 1 fully saturated rings. The minimum absolute atomic E-state index is 0.663. The Morgan fingerprint density at radius 2 is 1.62 bits per heavy atom. The Balaban J connectivity index is 1.76. The highest BCUT2D eigenvalue weighted by atomic mass is 32.1. The van der Waals surface area contributed by atoms with Crippen LogP contribution in [0.5, 0.6) is 0 Å². The normalized spacial score (nSPS) is 15.2. The highest BCUT2D eigenvalue weighted by Crippen LogP contribution is 2.07. The van der Waals surface area contributed by atoms with E-state index in [4.69, 9.17) is 22.1 Å². The summed E-state index contributed by atoms with van der Waals surface area (Å²) < 4.78 is 5.39. The number of morpholine rings is 1. The van der Waals surface area contributed by atoms with Gasteiger partial charge in [0.15, 0.2) is 0 Å². The van der Waals surface area contributed by atoms with Gasteiger partial charge >= 0.3 is 0 Å². The van der Waals surface area contributed by atoms with Gasteiger partial charge in [0, 0.05) is 12.1 Å². The molecule has 3 rings (SSSR count). The van der Waals surface area contributed by atoms with Gasteiger partial charge in [-0.15, -0.1) is 0 Å². The highest BCUT2D eigenvalue weighted by molar-refractivity contribution is 7.82. The first-order valence-electron chi connectivity index (χ1n) is 8.12. The third-order valence-corrected chi connectivity index (χ3v) is 4.12. The minimum atomic E-state index is 0.663. The molecule has 0 unspecified atom stereocenters. The van der Waals surface area contributed by atoms with E-state index in [-0.39, 0.29) is 0 Å². The fraction of sp³-hybridized carbons (Fsp3) is 0.263. The van der Waals surface area contributed by atoms with Crippen LogP contribution in [-0.4, -0.2) is 42.0 Å². The van der Waals surface area contributed by atoms with Gasteiger partial charge in [0.25, 0.3) is 0 Å². The first-order valence-corrected chi connectivity index (χ1v) is 8.52. The van der Waals surface area contributed by atoms with Crippen molar-refractivity contribution in [2.24, 2.45) is 5.10 Å². The van der Waals surface area contributed by atoms with E-state index in [0.717, 1.165) is 24.4 Å². The summed E-state index contributed by atoms with van der Waals surface area (Å²) in [5, 5.41) is 10.1. The van der Waals surface area contributed by atoms with Crippen LogP contribution < -0.4 is 5.32 Å². The highest BCUT2D eigenvalue weighted by Gasteiger charge is 2.14. The molecule has 124 valence electrons. The zero-order valence-electron chi connectivity index (χ0n) is 13.5. The largest absolute Gasteiger partial charge is 0.378 e. The SMILES string of the molecule is S=C(NCc1ccccc1)/C(=N/N1CCOCC1)c1ccccc1. The number of hydrogen-bond donors (Lipinski definition) is 1. The van der Waals surface area contributed by atoms with Crippen molar-refractivity contribution >= 4 is 22.9 Å². The van der Waals surface area contributed by atoms with Crippen molar-refractivity contribution in [1.82, 2.24) is 10.3 Å². The minimum Gasteiger partial charge on any atom is -0.378 e. The van der Waals surface area contributed by atoms with Gasteiger partial charge in [-0.25, -0.2) is 0 Å². The molecule has 1 saturated heterocycles. The molecule has 5 heteroatoms. The molecule has 1 N–H and O–H groups in total. The molecular weight excluding hydrogens is 318 g/mol. The van der Waals surface area contributed by atoms with Gasteiger partial charge in [-0.2, -0.15) is 5.10 Å². The fourth-order valence-corrected chi connectivity index (χ4v) is 2.72. The third-order valence-electron chi connectivity index (χ3n) is 3.79. The summed E-state index contributed by atoms with van der Waals surface area (Å²) in [6, 6.07) is 20.3. The van der Waals surface area contributed by atoms with Gasteiger partial charge < -0.3 is 10.1 Å². The number of thiocarbonyl (C=S) groups is 1. The molecule has 0 saturated carbocycles. The van der Waals surface area contributed by atoms with Gasteiger partial charge in [0.2, 0.25) is 0 Å². The van der Waals surface area contributed by atoms with Crippen molar-refractivity contribution < 1.29 is 4.74 Å². The molecule has 0 bridgehead atoms. The van der Waals surface area contributed by atoms with Crippen LogP contribution in [0.4, 0.5) is 0 Å². The van der Waals surface area contributed by atoms with Crippen LogP contribution in [0.1, 0.15) is 11.1 Å². The van der Waals surface area contributed by atoms with E-state index >= 15 is 0 Å². The number of ether oxygens (including phenoxy) is 1. The Hall–Kier alpha value is -2.24. The van der Waals surface area contributed by atoms with Crippen molar-refractivity contribution in [1.29, 1.82) is 0 Å². The van der Waals surface area contributed by atoms with Gasteiger partial charge in [-0.05, 0) is 5.56 Å². The lowest BCUT2D eigenvalue weighted by molar-refractivity contribution is 0.0395. The van der Waals surface area contributed by atoms with E-state index in [0.29, 0.717) is 24.7 Å². The van der Waals surface area contributed by atoms with E-state index < -0.39 is 0 Å². The predicted molar refractivity (Wildman–Crippen MR) is 101 cm³/mol. The first kappa shape index (κ1) is 16.6. The van der Waals surface area contributed by atoms with Gasteiger partial charge in [0.1, 0.15) is 10.7 Å². The molecule has 0 aromatic heterocycles. The number of rotatable bonds is 5. The van der Waals surface area contributed by atoms with Crippen molar-refractivity contribution in [2.45, 2.75) is 6.54 Å². The molecule has 0 aliphatic carbocycles. The number of benzene rings is 2. The average molecular weight is 339 g/mol. The molecule has 4 nitrogen and oxygen atoms in total. The monoisotopic (exact) mass is 339 g/mol. The molecule has 1 aliphatic rings. The number of nitrogens with one attached hydrogen (secondary N) is 1. The second-order valence-corrected chi connectivity index (χ2v) is 5.96.